The molecule has 7 heteroatoms. The first kappa shape index (κ1) is 13.6. The maximum absolute atomic E-state index is 12.1. The third-order valence-corrected chi connectivity index (χ3v) is 3.76. The number of hydrogen-bond acceptors (Lipinski definition) is 5. The first-order chi connectivity index (χ1) is 9.03. The lowest BCUT2D eigenvalue weighted by Crippen LogP contribution is -2.13. The van der Waals surface area contributed by atoms with Crippen LogP contribution in [0.5, 0.6) is 0 Å². The lowest BCUT2D eigenvalue weighted by molar-refractivity contribution is 0.408. The zero-order valence-electron chi connectivity index (χ0n) is 10.7. The Bertz CT molecular complexity index is 664. The van der Waals surface area contributed by atoms with E-state index >= 15 is 0 Å². The highest BCUT2D eigenvalue weighted by Gasteiger charge is 2.19. The van der Waals surface area contributed by atoms with Crippen LogP contribution in [0.4, 0.5) is 5.69 Å². The normalized spacial score (nSPS) is 11.5. The van der Waals surface area contributed by atoms with Gasteiger partial charge in [0.05, 0.1) is 12.2 Å². The molecule has 0 saturated carbocycles. The van der Waals surface area contributed by atoms with Gasteiger partial charge in [0, 0.05) is 12.4 Å². The molecule has 2 aromatic rings. The monoisotopic (exact) mass is 281 g/mol. The standard InChI is InChI=1S/C12H15N3O3S/c1-9-7-14-6-5-11(9)15-19(16,17)12-4-3-10(18-12)8-13-2/h3-7,13H,8H2,1-2H3,(H,14,15). The summed E-state index contributed by atoms with van der Waals surface area (Å²) >= 11 is 0. The molecule has 6 nitrogen and oxygen atoms in total. The summed E-state index contributed by atoms with van der Waals surface area (Å²) in [6.07, 6.45) is 3.12. The van der Waals surface area contributed by atoms with Gasteiger partial charge >= 0.3 is 0 Å². The number of anilines is 1. The van der Waals surface area contributed by atoms with Crippen LogP contribution in [0.25, 0.3) is 0 Å². The van der Waals surface area contributed by atoms with Crippen molar-refractivity contribution in [1.82, 2.24) is 10.3 Å². The van der Waals surface area contributed by atoms with Crippen molar-refractivity contribution in [3.05, 3.63) is 41.9 Å². The second-order valence-corrected chi connectivity index (χ2v) is 5.66. The average Bonchev–Trinajstić information content (AvgIpc) is 2.82. The fourth-order valence-electron chi connectivity index (χ4n) is 1.55. The Morgan fingerprint density at radius 2 is 2.11 bits per heavy atom. The van der Waals surface area contributed by atoms with Crippen LogP contribution in [0.2, 0.25) is 0 Å². The molecule has 19 heavy (non-hydrogen) atoms. The molecule has 0 aliphatic carbocycles. The molecule has 2 aromatic heterocycles. The molecule has 0 fully saturated rings. The van der Waals surface area contributed by atoms with Crippen LogP contribution in [-0.2, 0) is 16.6 Å². The van der Waals surface area contributed by atoms with Crippen LogP contribution in [0.3, 0.4) is 0 Å². The Labute approximate surface area is 111 Å². The van der Waals surface area contributed by atoms with E-state index in [4.69, 9.17) is 4.42 Å². The van der Waals surface area contributed by atoms with Crippen molar-refractivity contribution < 1.29 is 12.8 Å². The number of aromatic nitrogens is 1. The van der Waals surface area contributed by atoms with E-state index in [-0.39, 0.29) is 5.09 Å². The minimum Gasteiger partial charge on any atom is -0.446 e. The van der Waals surface area contributed by atoms with Crippen molar-refractivity contribution in [2.24, 2.45) is 0 Å². The van der Waals surface area contributed by atoms with E-state index in [2.05, 4.69) is 15.0 Å². The van der Waals surface area contributed by atoms with Crippen LogP contribution >= 0.6 is 0 Å². The topological polar surface area (TPSA) is 84.2 Å². The van der Waals surface area contributed by atoms with E-state index < -0.39 is 10.0 Å². The number of nitrogens with zero attached hydrogens (tertiary/aromatic N) is 1. The smallest absolute Gasteiger partial charge is 0.295 e. The summed E-state index contributed by atoms with van der Waals surface area (Å²) in [4.78, 5) is 3.91. The predicted molar refractivity (Wildman–Crippen MR) is 71.3 cm³/mol. The molecule has 0 spiro atoms. The van der Waals surface area contributed by atoms with Gasteiger partial charge in [-0.3, -0.25) is 9.71 Å². The summed E-state index contributed by atoms with van der Waals surface area (Å²) in [5, 5.41) is 2.79. The van der Waals surface area contributed by atoms with Crippen LogP contribution in [0.15, 0.2) is 40.1 Å². The number of rotatable bonds is 5. The highest BCUT2D eigenvalue weighted by atomic mass is 32.2. The van der Waals surface area contributed by atoms with Gasteiger partial charge in [0.15, 0.2) is 0 Å². The van der Waals surface area contributed by atoms with Gasteiger partial charge in [-0.1, -0.05) is 0 Å². The quantitative estimate of drug-likeness (QED) is 0.867. The van der Waals surface area contributed by atoms with Gasteiger partial charge in [-0.15, -0.1) is 0 Å². The number of hydrogen-bond donors (Lipinski definition) is 2. The second kappa shape index (κ2) is 5.41. The summed E-state index contributed by atoms with van der Waals surface area (Å²) < 4.78 is 32.0. The summed E-state index contributed by atoms with van der Waals surface area (Å²) in [7, 11) is -1.95. The Morgan fingerprint density at radius 1 is 1.32 bits per heavy atom. The average molecular weight is 281 g/mol. The summed E-state index contributed by atoms with van der Waals surface area (Å²) in [5.74, 6) is 0.564. The fourth-order valence-corrected chi connectivity index (χ4v) is 2.64. The molecular formula is C12H15N3O3S. The Morgan fingerprint density at radius 3 is 2.79 bits per heavy atom. The van der Waals surface area contributed by atoms with Crippen molar-refractivity contribution in [1.29, 1.82) is 0 Å². The first-order valence-corrected chi connectivity index (χ1v) is 7.18. The number of aryl methyl sites for hydroxylation is 1. The van der Waals surface area contributed by atoms with Gasteiger partial charge in [-0.05, 0) is 37.7 Å². The van der Waals surface area contributed by atoms with Crippen LogP contribution in [-0.4, -0.2) is 20.4 Å². The Balaban J connectivity index is 2.25. The lowest BCUT2D eigenvalue weighted by atomic mass is 10.3. The van der Waals surface area contributed by atoms with E-state index in [0.717, 1.165) is 5.56 Å². The highest BCUT2D eigenvalue weighted by Crippen LogP contribution is 2.20. The van der Waals surface area contributed by atoms with Crippen molar-refractivity contribution in [2.75, 3.05) is 11.8 Å². The van der Waals surface area contributed by atoms with Gasteiger partial charge in [0.2, 0.25) is 5.09 Å². The molecule has 2 heterocycles. The molecule has 0 aliphatic heterocycles. The van der Waals surface area contributed by atoms with Crippen molar-refractivity contribution >= 4 is 15.7 Å². The lowest BCUT2D eigenvalue weighted by Gasteiger charge is -2.07. The third-order valence-electron chi connectivity index (χ3n) is 2.52. The summed E-state index contributed by atoms with van der Waals surface area (Å²) in [6, 6.07) is 4.67. The van der Waals surface area contributed by atoms with Gasteiger partial charge < -0.3 is 9.73 Å². The van der Waals surface area contributed by atoms with Gasteiger partial charge in [0.25, 0.3) is 10.0 Å². The Hall–Kier alpha value is -1.86. The largest absolute Gasteiger partial charge is 0.446 e. The number of nitrogens with one attached hydrogen (secondary N) is 2. The zero-order chi connectivity index (χ0) is 13.9. The van der Waals surface area contributed by atoms with E-state index in [1.54, 1.807) is 32.3 Å². The third kappa shape index (κ3) is 3.12. The number of sulfonamides is 1. The SMILES string of the molecule is CNCc1ccc(S(=O)(=O)Nc2ccncc2C)o1. The zero-order valence-corrected chi connectivity index (χ0v) is 11.5. The minimum absolute atomic E-state index is 0.103. The predicted octanol–water partition coefficient (Wildman–Crippen LogP) is 1.50. The van der Waals surface area contributed by atoms with Crippen molar-refractivity contribution in [3.63, 3.8) is 0 Å². The summed E-state index contributed by atoms with van der Waals surface area (Å²) in [5.41, 5.74) is 1.23. The van der Waals surface area contributed by atoms with Crippen LogP contribution in [0.1, 0.15) is 11.3 Å². The summed E-state index contributed by atoms with van der Waals surface area (Å²) in [6.45, 7) is 2.25. The molecule has 0 aromatic carbocycles. The van der Waals surface area contributed by atoms with Gasteiger partial charge in [0.1, 0.15) is 5.76 Å². The molecule has 0 aliphatic rings. The number of furan rings is 1. The fraction of sp³-hybridized carbons (Fsp3) is 0.250. The molecule has 0 amide bonds. The maximum Gasteiger partial charge on any atom is 0.295 e. The maximum atomic E-state index is 12.1. The first-order valence-electron chi connectivity index (χ1n) is 5.69. The van der Waals surface area contributed by atoms with Crippen molar-refractivity contribution in [3.8, 4) is 0 Å². The number of pyridine rings is 1. The highest BCUT2D eigenvalue weighted by molar-refractivity contribution is 7.92. The van der Waals surface area contributed by atoms with Gasteiger partial charge in [-0.2, -0.15) is 8.42 Å². The van der Waals surface area contributed by atoms with Gasteiger partial charge in [-0.25, -0.2) is 0 Å². The van der Waals surface area contributed by atoms with Crippen LogP contribution < -0.4 is 10.0 Å². The van der Waals surface area contributed by atoms with E-state index in [9.17, 15) is 8.42 Å². The van der Waals surface area contributed by atoms with E-state index in [1.807, 2.05) is 0 Å². The molecule has 0 atom stereocenters. The van der Waals surface area contributed by atoms with Crippen LogP contribution in [0, 0.1) is 6.92 Å². The molecule has 0 saturated heterocycles. The van der Waals surface area contributed by atoms with E-state index in [1.165, 1.54) is 12.3 Å². The van der Waals surface area contributed by atoms with Crippen molar-refractivity contribution in [2.45, 2.75) is 18.6 Å². The molecule has 102 valence electrons. The molecule has 0 radical (unpaired) electrons. The molecular weight excluding hydrogens is 266 g/mol. The molecule has 2 N–H and O–H groups in total. The Kier molecular flexibility index (Phi) is 3.87. The molecule has 2 rings (SSSR count). The molecule has 0 bridgehead atoms. The minimum atomic E-state index is -3.71. The van der Waals surface area contributed by atoms with E-state index in [0.29, 0.717) is 18.0 Å². The second-order valence-electron chi connectivity index (χ2n) is 4.05. The molecule has 0 unspecified atom stereocenters.